The maximum absolute atomic E-state index is 0. The zero-order chi connectivity index (χ0) is 0. The topological polar surface area (TPSA) is 31.5 Å². The summed E-state index contributed by atoms with van der Waals surface area (Å²) in [6, 6.07) is 0. The Labute approximate surface area is 49.3 Å². The minimum absolute atomic E-state index is 0. The van der Waals surface area contributed by atoms with Gasteiger partial charge in [-0.15, -0.1) is 0 Å². The molecule has 5 heavy (non-hydrogen) atoms. The van der Waals surface area contributed by atoms with Gasteiger partial charge in [-0.3, -0.25) is 0 Å². The van der Waals surface area contributed by atoms with Gasteiger partial charge in [0.2, 0.25) is 0 Å². The summed E-state index contributed by atoms with van der Waals surface area (Å²) in [5, 5.41) is 0. The fourth-order valence-electron chi connectivity index (χ4n) is 0. The summed E-state index contributed by atoms with van der Waals surface area (Å²) in [4.78, 5) is 0. The summed E-state index contributed by atoms with van der Waals surface area (Å²) in [5.41, 5.74) is 0. The van der Waals surface area contributed by atoms with Crippen LogP contribution in [0, 0.1) is 22.3 Å². The van der Waals surface area contributed by atoms with E-state index in [1.54, 1.807) is 0 Å². The van der Waals surface area contributed by atoms with Gasteiger partial charge in [-0.2, -0.15) is 0 Å². The Kier molecular flexibility index (Phi) is 8550. The third kappa shape index (κ3) is 77.6. The summed E-state index contributed by atoms with van der Waals surface area (Å²) >= 11 is 0. The van der Waals surface area contributed by atoms with Crippen molar-refractivity contribution >= 4 is 0 Å². The number of rotatable bonds is 0. The second-order valence-electron chi connectivity index (χ2n) is 0. The summed E-state index contributed by atoms with van der Waals surface area (Å²) < 4.78 is 0. The van der Waals surface area contributed by atoms with Crippen molar-refractivity contribution in [1.82, 2.24) is 0 Å². The van der Waals surface area contributed by atoms with Crippen molar-refractivity contribution in [2.24, 2.45) is 0 Å². The van der Waals surface area contributed by atoms with Crippen LogP contribution in [-0.4, -0.2) is 5.48 Å². The number of hydrogen-bond donors (Lipinski definition) is 0. The van der Waals surface area contributed by atoms with Crippen molar-refractivity contribution in [3.63, 3.8) is 0 Å². The van der Waals surface area contributed by atoms with Crippen LogP contribution < -0.4 is 0 Å². The molecule has 0 aliphatic heterocycles. The first-order chi connectivity index (χ1) is 0. The molecule has 0 bridgehead atoms. The molecular formula is C3H11OW-3. The molecule has 0 aromatic rings. The summed E-state index contributed by atoms with van der Waals surface area (Å²) in [6.07, 6.45) is 0. The average Bonchev–Trinajstić information content (AvgIpc) is 0. The first-order valence-electron chi connectivity index (χ1n) is 0. The molecule has 0 aromatic carbocycles. The van der Waals surface area contributed by atoms with Crippen LogP contribution in [0.4, 0.5) is 0 Å². The summed E-state index contributed by atoms with van der Waals surface area (Å²) in [6.45, 7) is 0. The van der Waals surface area contributed by atoms with E-state index in [-0.39, 0.29) is 48.8 Å². The molecular weight excluding hydrogens is 236 g/mol. The van der Waals surface area contributed by atoms with Crippen LogP contribution in [-0.2, 0) is 21.1 Å². The first-order valence-corrected chi connectivity index (χ1v) is 0. The van der Waals surface area contributed by atoms with Gasteiger partial charge in [0.1, 0.15) is 0 Å². The van der Waals surface area contributed by atoms with E-state index in [4.69, 9.17) is 0 Å². The van der Waals surface area contributed by atoms with Crippen LogP contribution in [0.3, 0.4) is 0 Å². The SMILES string of the molecule is O.[CH3-].[CH3-].[CH3-].[W]. The molecule has 0 saturated carbocycles. The van der Waals surface area contributed by atoms with Gasteiger partial charge in [0, 0.05) is 21.1 Å². The molecule has 0 unspecified atom stereocenters. The van der Waals surface area contributed by atoms with Crippen molar-refractivity contribution in [1.29, 1.82) is 0 Å². The maximum atomic E-state index is 0. The van der Waals surface area contributed by atoms with Gasteiger partial charge in [0.05, 0.1) is 0 Å². The van der Waals surface area contributed by atoms with Crippen molar-refractivity contribution < 1.29 is 26.5 Å². The van der Waals surface area contributed by atoms with E-state index >= 15 is 0 Å². The average molecular weight is 247 g/mol. The van der Waals surface area contributed by atoms with Gasteiger partial charge in [0.25, 0.3) is 0 Å². The number of hydrogen-bond acceptors (Lipinski definition) is 0. The largest absolute Gasteiger partial charge is 0.412 e. The molecule has 0 fully saturated rings. The quantitative estimate of drug-likeness (QED) is 0.559. The minimum atomic E-state index is 0. The van der Waals surface area contributed by atoms with Crippen molar-refractivity contribution in [3.05, 3.63) is 22.3 Å². The smallest absolute Gasteiger partial charge is 0 e. The molecule has 2 N–H and O–H groups in total. The molecule has 0 aliphatic carbocycles. The predicted octanol–water partition coefficient (Wildman–Crippen LogP) is 0.524. The van der Waals surface area contributed by atoms with Crippen LogP contribution in [0.2, 0.25) is 0 Å². The Morgan fingerprint density at radius 2 is 0.600 bits per heavy atom. The van der Waals surface area contributed by atoms with Gasteiger partial charge in [-0.1, -0.05) is 0 Å². The Morgan fingerprint density at radius 3 is 0.600 bits per heavy atom. The Morgan fingerprint density at radius 1 is 0.600 bits per heavy atom. The predicted molar refractivity (Wildman–Crippen MR) is 22.9 cm³/mol. The molecule has 0 rings (SSSR count). The van der Waals surface area contributed by atoms with Crippen LogP contribution in [0.5, 0.6) is 0 Å². The standard InChI is InChI=1S/3CH3.H2O.W/h3*1H3;1H2;/q3*-1;;. The Balaban J connectivity index is 0. The van der Waals surface area contributed by atoms with Gasteiger partial charge in [0.15, 0.2) is 0 Å². The van der Waals surface area contributed by atoms with E-state index in [0.717, 1.165) is 0 Å². The van der Waals surface area contributed by atoms with Gasteiger partial charge < -0.3 is 27.8 Å². The minimum Gasteiger partial charge on any atom is -0.412 e. The molecule has 38 valence electrons. The molecule has 0 amide bonds. The van der Waals surface area contributed by atoms with Crippen LogP contribution in [0.15, 0.2) is 0 Å². The van der Waals surface area contributed by atoms with E-state index in [1.807, 2.05) is 0 Å². The zero-order valence-corrected chi connectivity index (χ0v) is 6.84. The molecule has 1 nitrogen and oxygen atoms in total. The van der Waals surface area contributed by atoms with E-state index in [9.17, 15) is 0 Å². The van der Waals surface area contributed by atoms with E-state index in [0.29, 0.717) is 0 Å². The second-order valence-corrected chi connectivity index (χ2v) is 0. The Bertz CT molecular complexity index is 6.85. The normalized spacial score (nSPS) is 0. The fourth-order valence-corrected chi connectivity index (χ4v) is 0. The van der Waals surface area contributed by atoms with Gasteiger partial charge in [-0.05, 0) is 0 Å². The molecule has 0 aliphatic rings. The van der Waals surface area contributed by atoms with E-state index in [1.165, 1.54) is 0 Å². The van der Waals surface area contributed by atoms with E-state index < -0.39 is 0 Å². The summed E-state index contributed by atoms with van der Waals surface area (Å²) in [7, 11) is 0. The first kappa shape index (κ1) is 290. The molecule has 0 heterocycles. The molecule has 2 heteroatoms. The molecule has 0 spiro atoms. The van der Waals surface area contributed by atoms with Gasteiger partial charge in [-0.25, -0.2) is 0 Å². The monoisotopic (exact) mass is 247 g/mol. The van der Waals surface area contributed by atoms with Gasteiger partial charge >= 0.3 is 0 Å². The fraction of sp³-hybridized carbons (Fsp3) is 0. The zero-order valence-electron chi connectivity index (χ0n) is 3.91. The third-order valence-electron chi connectivity index (χ3n) is 0. The maximum Gasteiger partial charge on any atom is 0 e. The van der Waals surface area contributed by atoms with Crippen LogP contribution in [0.25, 0.3) is 0 Å². The van der Waals surface area contributed by atoms with Crippen molar-refractivity contribution in [3.8, 4) is 0 Å². The van der Waals surface area contributed by atoms with Crippen LogP contribution in [0.1, 0.15) is 0 Å². The Hall–Kier alpha value is 0.648. The van der Waals surface area contributed by atoms with E-state index in [2.05, 4.69) is 0 Å². The van der Waals surface area contributed by atoms with Crippen molar-refractivity contribution in [2.75, 3.05) is 0 Å². The molecule has 0 radical (unpaired) electrons. The third-order valence-corrected chi connectivity index (χ3v) is 0. The molecule has 0 aromatic heterocycles. The molecule has 0 saturated heterocycles. The van der Waals surface area contributed by atoms with Crippen LogP contribution >= 0.6 is 0 Å². The molecule has 0 atom stereocenters. The van der Waals surface area contributed by atoms with Crippen molar-refractivity contribution in [2.45, 2.75) is 0 Å². The summed E-state index contributed by atoms with van der Waals surface area (Å²) in [5.74, 6) is 0. The second kappa shape index (κ2) is 147.